The minimum absolute atomic E-state index is 0.0581. The van der Waals surface area contributed by atoms with Crippen molar-refractivity contribution < 1.29 is 24.2 Å². The van der Waals surface area contributed by atoms with E-state index in [0.29, 0.717) is 11.1 Å². The Morgan fingerprint density at radius 1 is 1.20 bits per heavy atom. The molecule has 1 aromatic carbocycles. The van der Waals surface area contributed by atoms with E-state index in [9.17, 15) is 14.4 Å². The van der Waals surface area contributed by atoms with E-state index in [1.807, 2.05) is 0 Å². The van der Waals surface area contributed by atoms with Gasteiger partial charge in [-0.05, 0) is 25.5 Å². The van der Waals surface area contributed by atoms with E-state index in [0.717, 1.165) is 0 Å². The maximum atomic E-state index is 11.9. The van der Waals surface area contributed by atoms with Gasteiger partial charge in [-0.1, -0.05) is 18.2 Å². The Morgan fingerprint density at radius 2 is 1.85 bits per heavy atom. The highest BCUT2D eigenvalue weighted by Gasteiger charge is 2.31. The van der Waals surface area contributed by atoms with Crippen LogP contribution in [0.3, 0.4) is 0 Å². The summed E-state index contributed by atoms with van der Waals surface area (Å²) in [6.07, 6.45) is -0.263. The van der Waals surface area contributed by atoms with Crippen molar-refractivity contribution in [1.29, 1.82) is 0 Å². The van der Waals surface area contributed by atoms with E-state index in [1.54, 1.807) is 38.1 Å². The number of carbonyl (C=O) groups is 3. The van der Waals surface area contributed by atoms with Crippen LogP contribution in [0.4, 0.5) is 0 Å². The smallest absolute Gasteiger partial charge is 0.315 e. The maximum absolute atomic E-state index is 11.9. The highest BCUT2D eigenvalue weighted by molar-refractivity contribution is 5.98. The van der Waals surface area contributed by atoms with E-state index in [1.165, 1.54) is 7.11 Å². The lowest BCUT2D eigenvalue weighted by Crippen LogP contribution is -2.30. The van der Waals surface area contributed by atoms with Crippen LogP contribution < -0.4 is 0 Å². The van der Waals surface area contributed by atoms with Gasteiger partial charge in [0.15, 0.2) is 5.78 Å². The molecule has 0 aromatic heterocycles. The van der Waals surface area contributed by atoms with Crippen LogP contribution in [-0.4, -0.2) is 29.9 Å². The number of ether oxygens (including phenoxy) is 1. The fraction of sp³-hybridized carbons (Fsp3) is 0.400. The van der Waals surface area contributed by atoms with Crippen LogP contribution in [0, 0.1) is 0 Å². The monoisotopic (exact) mass is 278 g/mol. The highest BCUT2D eigenvalue weighted by atomic mass is 16.5. The topological polar surface area (TPSA) is 80.7 Å². The summed E-state index contributed by atoms with van der Waals surface area (Å²) in [5.41, 5.74) is 0.198. The number of benzene rings is 1. The van der Waals surface area contributed by atoms with Crippen LogP contribution in [0.2, 0.25) is 0 Å². The van der Waals surface area contributed by atoms with Gasteiger partial charge in [-0.2, -0.15) is 0 Å². The average molecular weight is 278 g/mol. The summed E-state index contributed by atoms with van der Waals surface area (Å²) < 4.78 is 4.75. The molecule has 108 valence electrons. The van der Waals surface area contributed by atoms with Gasteiger partial charge in [-0.25, -0.2) is 0 Å². The predicted molar refractivity (Wildman–Crippen MR) is 72.7 cm³/mol. The second-order valence-corrected chi connectivity index (χ2v) is 5.01. The first-order valence-electron chi connectivity index (χ1n) is 6.23. The Balaban J connectivity index is 2.99. The van der Waals surface area contributed by atoms with Gasteiger partial charge in [0, 0.05) is 12.0 Å². The number of rotatable bonds is 6. The molecule has 0 bridgehead atoms. The van der Waals surface area contributed by atoms with Crippen molar-refractivity contribution in [2.75, 3.05) is 7.11 Å². The standard InChI is InChI=1S/C15H18O5/c1-15(2,14(19)20-3)11-6-4-5-10(9-11)12(16)7-8-13(17)18/h4-6,9H,7-8H2,1-3H3,(H,17,18). The number of carboxylic acid groups (broad SMARTS) is 1. The zero-order valence-corrected chi connectivity index (χ0v) is 11.8. The van der Waals surface area contributed by atoms with Crippen molar-refractivity contribution in [3.8, 4) is 0 Å². The molecule has 0 unspecified atom stereocenters. The molecule has 0 radical (unpaired) electrons. The lowest BCUT2D eigenvalue weighted by Gasteiger charge is -2.22. The van der Waals surface area contributed by atoms with Crippen LogP contribution in [0.1, 0.15) is 42.6 Å². The quantitative estimate of drug-likeness (QED) is 0.637. The molecule has 5 nitrogen and oxygen atoms in total. The molecule has 0 amide bonds. The van der Waals surface area contributed by atoms with Gasteiger partial charge in [0.1, 0.15) is 0 Å². The Labute approximate surface area is 117 Å². The molecular weight excluding hydrogens is 260 g/mol. The SMILES string of the molecule is COC(=O)C(C)(C)c1cccc(C(=O)CCC(=O)O)c1. The summed E-state index contributed by atoms with van der Waals surface area (Å²) in [7, 11) is 1.31. The highest BCUT2D eigenvalue weighted by Crippen LogP contribution is 2.25. The minimum Gasteiger partial charge on any atom is -0.481 e. The summed E-state index contributed by atoms with van der Waals surface area (Å²) in [5.74, 6) is -1.66. The molecular formula is C15H18O5. The number of esters is 1. The molecule has 0 atom stereocenters. The van der Waals surface area contributed by atoms with E-state index in [-0.39, 0.29) is 18.6 Å². The molecule has 1 N–H and O–H groups in total. The minimum atomic E-state index is -1.01. The number of aliphatic carboxylic acids is 1. The molecule has 0 saturated heterocycles. The molecule has 1 rings (SSSR count). The fourth-order valence-corrected chi connectivity index (χ4v) is 1.82. The summed E-state index contributed by atoms with van der Waals surface area (Å²) in [4.78, 5) is 34.1. The second-order valence-electron chi connectivity index (χ2n) is 5.01. The summed E-state index contributed by atoms with van der Waals surface area (Å²) in [6, 6.07) is 6.64. The average Bonchev–Trinajstić information content (AvgIpc) is 2.43. The fourth-order valence-electron chi connectivity index (χ4n) is 1.82. The summed E-state index contributed by atoms with van der Waals surface area (Å²) in [5, 5.41) is 8.58. The molecule has 0 aliphatic carbocycles. The third-order valence-electron chi connectivity index (χ3n) is 3.17. The van der Waals surface area contributed by atoms with E-state index in [2.05, 4.69) is 0 Å². The summed E-state index contributed by atoms with van der Waals surface area (Å²) in [6.45, 7) is 3.42. The van der Waals surface area contributed by atoms with Gasteiger partial charge < -0.3 is 9.84 Å². The van der Waals surface area contributed by atoms with Crippen LogP contribution in [0.15, 0.2) is 24.3 Å². The van der Waals surface area contributed by atoms with Crippen molar-refractivity contribution in [2.45, 2.75) is 32.1 Å². The van der Waals surface area contributed by atoms with Crippen molar-refractivity contribution >= 4 is 17.7 Å². The van der Waals surface area contributed by atoms with Gasteiger partial charge in [-0.15, -0.1) is 0 Å². The van der Waals surface area contributed by atoms with Crippen molar-refractivity contribution in [3.63, 3.8) is 0 Å². The molecule has 20 heavy (non-hydrogen) atoms. The second kappa shape index (κ2) is 6.32. The Morgan fingerprint density at radius 3 is 2.40 bits per heavy atom. The third-order valence-corrected chi connectivity index (χ3v) is 3.17. The molecule has 0 heterocycles. The normalized spacial score (nSPS) is 10.9. The van der Waals surface area contributed by atoms with E-state index < -0.39 is 17.4 Å². The lowest BCUT2D eigenvalue weighted by atomic mass is 9.83. The van der Waals surface area contributed by atoms with E-state index in [4.69, 9.17) is 9.84 Å². The van der Waals surface area contributed by atoms with Crippen LogP contribution in [0.25, 0.3) is 0 Å². The van der Waals surface area contributed by atoms with Crippen LogP contribution in [-0.2, 0) is 19.7 Å². The Kier molecular flexibility index (Phi) is 5.02. The Bertz CT molecular complexity index is 531. The van der Waals surface area contributed by atoms with Crippen molar-refractivity contribution in [1.82, 2.24) is 0 Å². The molecule has 1 aromatic rings. The summed E-state index contributed by atoms with van der Waals surface area (Å²) >= 11 is 0. The first-order valence-corrected chi connectivity index (χ1v) is 6.23. The molecule has 0 fully saturated rings. The number of carbonyl (C=O) groups excluding carboxylic acids is 2. The number of methoxy groups -OCH3 is 1. The molecule has 0 aliphatic rings. The lowest BCUT2D eigenvalue weighted by molar-refractivity contribution is -0.146. The predicted octanol–water partition coefficient (Wildman–Crippen LogP) is 2.18. The molecule has 0 spiro atoms. The van der Waals surface area contributed by atoms with Crippen molar-refractivity contribution in [3.05, 3.63) is 35.4 Å². The number of ketones is 1. The number of carboxylic acids is 1. The molecule has 0 saturated carbocycles. The largest absolute Gasteiger partial charge is 0.481 e. The van der Waals surface area contributed by atoms with Crippen LogP contribution >= 0.6 is 0 Å². The van der Waals surface area contributed by atoms with Gasteiger partial charge in [-0.3, -0.25) is 14.4 Å². The molecule has 5 heteroatoms. The van der Waals surface area contributed by atoms with E-state index >= 15 is 0 Å². The first-order chi connectivity index (χ1) is 9.28. The van der Waals surface area contributed by atoms with Gasteiger partial charge in [0.25, 0.3) is 0 Å². The first kappa shape index (κ1) is 15.9. The number of Topliss-reactive ketones (excluding diaryl/α,β-unsaturated/α-hetero) is 1. The number of hydrogen-bond donors (Lipinski definition) is 1. The zero-order valence-electron chi connectivity index (χ0n) is 11.8. The maximum Gasteiger partial charge on any atom is 0.315 e. The Hall–Kier alpha value is -2.17. The van der Waals surface area contributed by atoms with Crippen LogP contribution in [0.5, 0.6) is 0 Å². The third kappa shape index (κ3) is 3.66. The molecule has 0 aliphatic heterocycles. The van der Waals surface area contributed by atoms with Gasteiger partial charge >= 0.3 is 11.9 Å². The van der Waals surface area contributed by atoms with Crippen molar-refractivity contribution in [2.24, 2.45) is 0 Å². The van der Waals surface area contributed by atoms with Gasteiger partial charge in [0.05, 0.1) is 18.9 Å². The van der Waals surface area contributed by atoms with Gasteiger partial charge in [0.2, 0.25) is 0 Å². The zero-order chi connectivity index (χ0) is 15.3. The number of hydrogen-bond acceptors (Lipinski definition) is 4.